The summed E-state index contributed by atoms with van der Waals surface area (Å²) in [6.45, 7) is 3.33. The second kappa shape index (κ2) is 5.89. The number of methoxy groups -OCH3 is 1. The second-order valence-electron chi connectivity index (χ2n) is 3.95. The number of nitrogens with zero attached hydrogens (tertiary/aromatic N) is 2. The Balaban J connectivity index is 2.28. The van der Waals surface area contributed by atoms with Crippen LogP contribution in [0, 0.1) is 6.92 Å². The molecule has 0 bridgehead atoms. The molecule has 0 fully saturated rings. The van der Waals surface area contributed by atoms with Gasteiger partial charge in [0.25, 0.3) is 0 Å². The Hall–Kier alpha value is -1.52. The van der Waals surface area contributed by atoms with Gasteiger partial charge >= 0.3 is 0 Å². The van der Waals surface area contributed by atoms with Crippen molar-refractivity contribution in [1.29, 1.82) is 0 Å². The molecule has 0 saturated carbocycles. The summed E-state index contributed by atoms with van der Waals surface area (Å²) >= 11 is 6.32. The summed E-state index contributed by atoms with van der Waals surface area (Å²) in [5, 5.41) is 3.95. The van der Waals surface area contributed by atoms with E-state index in [0.717, 1.165) is 22.2 Å². The number of rotatable bonds is 5. The predicted molar refractivity (Wildman–Crippen MR) is 73.7 cm³/mol. The third-order valence-corrected chi connectivity index (χ3v) is 3.15. The van der Waals surface area contributed by atoms with Crippen molar-refractivity contribution in [3.8, 4) is 5.69 Å². The number of benzene rings is 1. The maximum Gasteiger partial charge on any atom is 0.207 e. The molecule has 0 unspecified atom stereocenters. The highest BCUT2D eigenvalue weighted by Gasteiger charge is 2.09. The maximum atomic E-state index is 6.32. The maximum absolute atomic E-state index is 6.32. The average molecular weight is 266 g/mol. The van der Waals surface area contributed by atoms with E-state index in [1.165, 1.54) is 0 Å². The molecule has 5 heteroatoms. The number of hydrogen-bond donors (Lipinski definition) is 1. The van der Waals surface area contributed by atoms with Gasteiger partial charge in [0.1, 0.15) is 0 Å². The molecule has 0 amide bonds. The molecule has 0 aliphatic carbocycles. The lowest BCUT2D eigenvalue weighted by Crippen LogP contribution is -2.11. The van der Waals surface area contributed by atoms with Gasteiger partial charge in [-0.15, -0.1) is 0 Å². The Bertz CT molecular complexity index is 525. The highest BCUT2D eigenvalue weighted by atomic mass is 35.5. The van der Waals surface area contributed by atoms with Crippen LogP contribution in [0.15, 0.2) is 30.6 Å². The fourth-order valence-electron chi connectivity index (χ4n) is 1.71. The van der Waals surface area contributed by atoms with E-state index in [2.05, 4.69) is 10.3 Å². The van der Waals surface area contributed by atoms with Crippen LogP contribution >= 0.6 is 11.6 Å². The van der Waals surface area contributed by atoms with Gasteiger partial charge in [-0.3, -0.25) is 4.57 Å². The van der Waals surface area contributed by atoms with Crippen molar-refractivity contribution in [2.24, 2.45) is 0 Å². The van der Waals surface area contributed by atoms with Crippen molar-refractivity contribution < 1.29 is 4.74 Å². The molecule has 0 radical (unpaired) electrons. The van der Waals surface area contributed by atoms with Crippen LogP contribution in [0.4, 0.5) is 5.95 Å². The molecule has 1 aromatic carbocycles. The van der Waals surface area contributed by atoms with Gasteiger partial charge in [0.2, 0.25) is 5.95 Å². The lowest BCUT2D eigenvalue weighted by molar-refractivity contribution is 0.210. The van der Waals surface area contributed by atoms with Gasteiger partial charge in [0.15, 0.2) is 0 Å². The van der Waals surface area contributed by atoms with Gasteiger partial charge in [0.05, 0.1) is 17.3 Å². The van der Waals surface area contributed by atoms with Crippen molar-refractivity contribution in [1.82, 2.24) is 9.55 Å². The van der Waals surface area contributed by atoms with Crippen LogP contribution in [0.2, 0.25) is 5.02 Å². The molecule has 0 saturated heterocycles. The fraction of sp³-hybridized carbons (Fsp3) is 0.308. The number of nitrogens with one attached hydrogen (secondary N) is 1. The summed E-state index contributed by atoms with van der Waals surface area (Å²) < 4.78 is 6.94. The Morgan fingerprint density at radius 2 is 2.28 bits per heavy atom. The summed E-state index contributed by atoms with van der Waals surface area (Å²) in [5.74, 6) is 0.763. The Kier molecular flexibility index (Phi) is 4.23. The van der Waals surface area contributed by atoms with Gasteiger partial charge < -0.3 is 10.1 Å². The summed E-state index contributed by atoms with van der Waals surface area (Å²) in [6, 6.07) is 5.94. The SMILES string of the molecule is COCCNc1nccn1-c1cccc(C)c1Cl. The first-order valence-corrected chi connectivity index (χ1v) is 6.13. The van der Waals surface area contributed by atoms with Crippen molar-refractivity contribution in [3.05, 3.63) is 41.2 Å². The van der Waals surface area contributed by atoms with E-state index in [9.17, 15) is 0 Å². The van der Waals surface area contributed by atoms with Crippen molar-refractivity contribution in [2.75, 3.05) is 25.6 Å². The lowest BCUT2D eigenvalue weighted by atomic mass is 10.2. The van der Waals surface area contributed by atoms with Gasteiger partial charge in [-0.2, -0.15) is 0 Å². The van der Waals surface area contributed by atoms with Crippen LogP contribution in [0.3, 0.4) is 0 Å². The predicted octanol–water partition coefficient (Wildman–Crippen LogP) is 2.89. The van der Waals surface area contributed by atoms with Crippen LogP contribution in [-0.4, -0.2) is 29.8 Å². The van der Waals surface area contributed by atoms with Crippen molar-refractivity contribution in [3.63, 3.8) is 0 Å². The first kappa shape index (κ1) is 12.9. The first-order valence-electron chi connectivity index (χ1n) is 5.75. The van der Waals surface area contributed by atoms with Gasteiger partial charge in [-0.05, 0) is 18.6 Å². The van der Waals surface area contributed by atoms with E-state index in [1.54, 1.807) is 13.3 Å². The van der Waals surface area contributed by atoms with E-state index in [1.807, 2.05) is 35.9 Å². The molecule has 1 N–H and O–H groups in total. The number of ether oxygens (including phenoxy) is 1. The van der Waals surface area contributed by atoms with E-state index in [0.29, 0.717) is 13.2 Å². The zero-order valence-corrected chi connectivity index (χ0v) is 11.2. The smallest absolute Gasteiger partial charge is 0.207 e. The van der Waals surface area contributed by atoms with Crippen molar-refractivity contribution >= 4 is 17.5 Å². The minimum atomic E-state index is 0.633. The minimum absolute atomic E-state index is 0.633. The normalized spacial score (nSPS) is 10.6. The summed E-state index contributed by atoms with van der Waals surface area (Å²) in [6.07, 6.45) is 3.63. The highest BCUT2D eigenvalue weighted by molar-refractivity contribution is 6.33. The topological polar surface area (TPSA) is 39.1 Å². The molecular weight excluding hydrogens is 250 g/mol. The third kappa shape index (κ3) is 2.66. The third-order valence-electron chi connectivity index (χ3n) is 2.66. The molecular formula is C13H16ClN3O. The molecule has 1 heterocycles. The van der Waals surface area contributed by atoms with Gasteiger partial charge in [0, 0.05) is 26.0 Å². The standard InChI is InChI=1S/C13H16ClN3O/c1-10-4-3-5-11(12(10)14)17-8-6-15-13(17)16-7-9-18-2/h3-6,8H,7,9H2,1-2H3,(H,15,16). The van der Waals surface area contributed by atoms with Crippen LogP contribution in [0.1, 0.15) is 5.56 Å². The number of anilines is 1. The van der Waals surface area contributed by atoms with E-state index < -0.39 is 0 Å². The lowest BCUT2D eigenvalue weighted by Gasteiger charge is -2.12. The molecule has 1 aromatic heterocycles. The Labute approximate surface area is 112 Å². The number of halogens is 1. The molecule has 96 valence electrons. The zero-order valence-electron chi connectivity index (χ0n) is 10.5. The monoisotopic (exact) mass is 265 g/mol. The minimum Gasteiger partial charge on any atom is -0.383 e. The van der Waals surface area contributed by atoms with Crippen LogP contribution < -0.4 is 5.32 Å². The van der Waals surface area contributed by atoms with Crippen molar-refractivity contribution in [2.45, 2.75) is 6.92 Å². The van der Waals surface area contributed by atoms with Gasteiger partial charge in [-0.1, -0.05) is 23.7 Å². The van der Waals surface area contributed by atoms with E-state index in [-0.39, 0.29) is 0 Å². The number of imidazole rings is 1. The molecule has 4 nitrogen and oxygen atoms in total. The summed E-state index contributed by atoms with van der Waals surface area (Å²) in [7, 11) is 1.67. The van der Waals surface area contributed by atoms with E-state index >= 15 is 0 Å². The Morgan fingerprint density at radius 1 is 1.44 bits per heavy atom. The Morgan fingerprint density at radius 3 is 3.06 bits per heavy atom. The largest absolute Gasteiger partial charge is 0.383 e. The molecule has 2 rings (SSSR count). The summed E-state index contributed by atoms with van der Waals surface area (Å²) in [4.78, 5) is 4.27. The summed E-state index contributed by atoms with van der Waals surface area (Å²) in [5.41, 5.74) is 1.97. The molecule has 0 spiro atoms. The number of aromatic nitrogens is 2. The highest BCUT2D eigenvalue weighted by Crippen LogP contribution is 2.26. The van der Waals surface area contributed by atoms with Gasteiger partial charge in [-0.25, -0.2) is 4.98 Å². The quantitative estimate of drug-likeness (QED) is 0.845. The van der Waals surface area contributed by atoms with Crippen LogP contribution in [0.5, 0.6) is 0 Å². The fourth-order valence-corrected chi connectivity index (χ4v) is 1.93. The molecule has 0 aliphatic rings. The van der Waals surface area contributed by atoms with Crippen LogP contribution in [-0.2, 0) is 4.74 Å². The average Bonchev–Trinajstić information content (AvgIpc) is 2.81. The second-order valence-corrected chi connectivity index (χ2v) is 4.33. The zero-order chi connectivity index (χ0) is 13.0. The molecule has 2 aromatic rings. The van der Waals surface area contributed by atoms with Crippen LogP contribution in [0.25, 0.3) is 5.69 Å². The van der Waals surface area contributed by atoms with E-state index in [4.69, 9.17) is 16.3 Å². The number of hydrogen-bond acceptors (Lipinski definition) is 3. The molecule has 18 heavy (non-hydrogen) atoms. The number of aryl methyl sites for hydroxylation is 1. The molecule has 0 aliphatic heterocycles. The molecule has 0 atom stereocenters. The first-order chi connectivity index (χ1) is 8.74.